The first kappa shape index (κ1) is 12.9. The van der Waals surface area contributed by atoms with Gasteiger partial charge in [0.05, 0.1) is 5.25 Å². The molecule has 0 saturated heterocycles. The Bertz CT molecular complexity index is 332. The molecule has 1 atom stereocenters. The molecule has 0 aromatic heterocycles. The molecule has 1 amide bonds. The van der Waals surface area contributed by atoms with E-state index in [1.54, 1.807) is 0 Å². The zero-order valence-corrected chi connectivity index (χ0v) is 8.15. The normalized spacial score (nSPS) is 14.9. The Labute approximate surface area is 80.8 Å². The molecule has 7 nitrogen and oxygen atoms in total. The molecule has 0 saturated carbocycles. The maximum Gasteiger partial charge on any atom is 0.309 e. The minimum absolute atomic E-state index is 0.238. The van der Waals surface area contributed by atoms with E-state index < -0.39 is 27.0 Å². The van der Waals surface area contributed by atoms with E-state index >= 15 is 0 Å². The van der Waals surface area contributed by atoms with Crippen molar-refractivity contribution in [1.82, 2.24) is 5.48 Å². The van der Waals surface area contributed by atoms with Gasteiger partial charge in [0.1, 0.15) is 0 Å². The summed E-state index contributed by atoms with van der Waals surface area (Å²) in [4.78, 5) is 10.5. The van der Waals surface area contributed by atoms with E-state index in [-0.39, 0.29) is 6.42 Å². The van der Waals surface area contributed by atoms with E-state index in [1.165, 1.54) is 6.92 Å². The number of hydrogen-bond donors (Lipinski definition) is 4. The second kappa shape index (κ2) is 4.94. The quantitative estimate of drug-likeness (QED) is 0.170. The fourth-order valence-electron chi connectivity index (χ4n) is 0.549. The maximum atomic E-state index is 10.5. The average molecular weight is 225 g/mol. The largest absolute Gasteiger partial charge is 0.503 e. The number of nitrogens with one attached hydrogen (secondary N) is 1. The Morgan fingerprint density at radius 2 is 2.07 bits per heavy atom. The molecule has 0 radical (unpaired) electrons. The Kier molecular flexibility index (Phi) is 4.54. The molecule has 0 aromatic rings. The summed E-state index contributed by atoms with van der Waals surface area (Å²) in [6.45, 7) is 1.20. The van der Waals surface area contributed by atoms with Crippen LogP contribution in [0.15, 0.2) is 11.8 Å². The second-order valence-electron chi connectivity index (χ2n) is 2.59. The highest BCUT2D eigenvalue weighted by molar-refractivity contribution is 7.86. The molecule has 1 unspecified atom stereocenters. The smallest absolute Gasteiger partial charge is 0.309 e. The van der Waals surface area contributed by atoms with Crippen LogP contribution in [0.25, 0.3) is 0 Å². The Morgan fingerprint density at radius 3 is 2.43 bits per heavy atom. The minimum Gasteiger partial charge on any atom is -0.503 e. The van der Waals surface area contributed by atoms with E-state index in [4.69, 9.17) is 14.9 Å². The number of hydroxylamine groups is 1. The van der Waals surface area contributed by atoms with Crippen LogP contribution < -0.4 is 5.48 Å². The highest BCUT2D eigenvalue weighted by Crippen LogP contribution is 2.05. The molecular formula is C6H11NO6S. The van der Waals surface area contributed by atoms with E-state index in [9.17, 15) is 13.2 Å². The van der Waals surface area contributed by atoms with Gasteiger partial charge in [0.2, 0.25) is 0 Å². The molecule has 8 heteroatoms. The van der Waals surface area contributed by atoms with Crippen molar-refractivity contribution in [2.24, 2.45) is 0 Å². The molecule has 4 N–H and O–H groups in total. The van der Waals surface area contributed by atoms with Gasteiger partial charge in [0.15, 0.2) is 5.76 Å². The highest BCUT2D eigenvalue weighted by Gasteiger charge is 2.16. The molecular weight excluding hydrogens is 214 g/mol. The van der Waals surface area contributed by atoms with Crippen molar-refractivity contribution in [3.05, 3.63) is 11.8 Å². The van der Waals surface area contributed by atoms with Gasteiger partial charge < -0.3 is 5.11 Å². The third kappa shape index (κ3) is 4.21. The van der Waals surface area contributed by atoms with E-state index in [2.05, 4.69) is 0 Å². The molecule has 0 aliphatic rings. The predicted molar refractivity (Wildman–Crippen MR) is 46.3 cm³/mol. The first-order chi connectivity index (χ1) is 6.29. The monoisotopic (exact) mass is 225 g/mol. The van der Waals surface area contributed by atoms with Gasteiger partial charge in [-0.05, 0) is 19.4 Å². The summed E-state index contributed by atoms with van der Waals surface area (Å²) in [5.41, 5.74) is 1.16. The van der Waals surface area contributed by atoms with Crippen molar-refractivity contribution in [2.45, 2.75) is 18.6 Å². The lowest BCUT2D eigenvalue weighted by atomic mass is 10.3. The van der Waals surface area contributed by atoms with Crippen molar-refractivity contribution in [2.75, 3.05) is 0 Å². The maximum absolute atomic E-state index is 10.5. The van der Waals surface area contributed by atoms with Crippen LogP contribution in [0.2, 0.25) is 0 Å². The topological polar surface area (TPSA) is 124 Å². The minimum atomic E-state index is -4.18. The summed E-state index contributed by atoms with van der Waals surface area (Å²) < 4.78 is 29.5. The van der Waals surface area contributed by atoms with Gasteiger partial charge in [0.25, 0.3) is 10.1 Å². The van der Waals surface area contributed by atoms with Crippen LogP contribution in [-0.4, -0.2) is 34.4 Å². The molecule has 0 aliphatic heterocycles. The summed E-state index contributed by atoms with van der Waals surface area (Å²) in [5, 5.41) is 15.8. The van der Waals surface area contributed by atoms with E-state index in [0.29, 0.717) is 0 Å². The Morgan fingerprint density at radius 1 is 1.57 bits per heavy atom. The van der Waals surface area contributed by atoms with E-state index in [1.807, 2.05) is 0 Å². The fourth-order valence-corrected chi connectivity index (χ4v) is 0.889. The van der Waals surface area contributed by atoms with Crippen molar-refractivity contribution in [3.8, 4) is 0 Å². The third-order valence-electron chi connectivity index (χ3n) is 1.49. The fraction of sp³-hybridized carbons (Fsp3) is 0.500. The standard InChI is InChI=1S/C6H11NO6S/c1-4(14(11,12)13)2-3-5(8)6(9)7-10/h3-4,8,10H,2H2,1H3,(H,7,9)(H,11,12,13). The number of rotatable bonds is 4. The first-order valence-corrected chi connectivity index (χ1v) is 5.09. The van der Waals surface area contributed by atoms with Crippen LogP contribution >= 0.6 is 0 Å². The van der Waals surface area contributed by atoms with E-state index in [0.717, 1.165) is 11.6 Å². The van der Waals surface area contributed by atoms with Crippen molar-refractivity contribution < 1.29 is 28.1 Å². The number of hydrogen-bond acceptors (Lipinski definition) is 5. The van der Waals surface area contributed by atoms with Gasteiger partial charge in [-0.2, -0.15) is 8.42 Å². The van der Waals surface area contributed by atoms with Gasteiger partial charge in [-0.25, -0.2) is 5.48 Å². The lowest BCUT2D eigenvalue weighted by Crippen LogP contribution is -2.21. The summed E-state index contributed by atoms with van der Waals surface area (Å²) in [6.07, 6.45) is 0.641. The number of aliphatic hydroxyl groups excluding tert-OH is 1. The lowest BCUT2D eigenvalue weighted by molar-refractivity contribution is -0.127. The van der Waals surface area contributed by atoms with Crippen LogP contribution in [0, 0.1) is 0 Å². The number of carbonyl (C=O) groups excluding carboxylic acids is 1. The van der Waals surface area contributed by atoms with Gasteiger partial charge >= 0.3 is 5.91 Å². The SMILES string of the molecule is CC(CC=C(O)C(=O)NO)S(=O)(=O)O. The second-order valence-corrected chi connectivity index (χ2v) is 4.43. The molecule has 0 aromatic carbocycles. The van der Waals surface area contributed by atoms with Crippen LogP contribution in [0.5, 0.6) is 0 Å². The Balaban J connectivity index is 4.38. The number of allylic oxidation sites excluding steroid dienone is 1. The predicted octanol–water partition coefficient (Wildman–Crippen LogP) is -0.400. The Hall–Kier alpha value is -1.12. The molecule has 14 heavy (non-hydrogen) atoms. The molecule has 82 valence electrons. The number of amides is 1. The summed E-state index contributed by atoms with van der Waals surface area (Å²) in [7, 11) is -4.18. The zero-order valence-electron chi connectivity index (χ0n) is 7.34. The number of aliphatic hydroxyl groups is 1. The summed E-state index contributed by atoms with van der Waals surface area (Å²) in [6, 6.07) is 0. The van der Waals surface area contributed by atoms with Gasteiger partial charge in [-0.3, -0.25) is 14.6 Å². The molecule has 0 fully saturated rings. The summed E-state index contributed by atoms with van der Waals surface area (Å²) in [5.74, 6) is -1.96. The van der Waals surface area contributed by atoms with Crippen molar-refractivity contribution in [1.29, 1.82) is 0 Å². The van der Waals surface area contributed by atoms with Crippen molar-refractivity contribution in [3.63, 3.8) is 0 Å². The van der Waals surface area contributed by atoms with Crippen LogP contribution in [0.1, 0.15) is 13.3 Å². The van der Waals surface area contributed by atoms with Gasteiger partial charge in [-0.1, -0.05) is 0 Å². The first-order valence-electron chi connectivity index (χ1n) is 3.59. The molecule has 0 spiro atoms. The van der Waals surface area contributed by atoms with Gasteiger partial charge in [0, 0.05) is 0 Å². The molecule has 0 aliphatic carbocycles. The molecule has 0 heterocycles. The van der Waals surface area contributed by atoms with Gasteiger partial charge in [-0.15, -0.1) is 0 Å². The number of carbonyl (C=O) groups is 1. The lowest BCUT2D eigenvalue weighted by Gasteiger charge is -2.04. The van der Waals surface area contributed by atoms with Crippen LogP contribution in [0.3, 0.4) is 0 Å². The molecule has 0 rings (SSSR count). The summed E-state index contributed by atoms with van der Waals surface area (Å²) >= 11 is 0. The van der Waals surface area contributed by atoms with Crippen LogP contribution in [0.4, 0.5) is 0 Å². The molecule has 0 bridgehead atoms. The van der Waals surface area contributed by atoms with Crippen LogP contribution in [-0.2, 0) is 14.9 Å². The van der Waals surface area contributed by atoms with Crippen molar-refractivity contribution >= 4 is 16.0 Å². The average Bonchev–Trinajstić information content (AvgIpc) is 2.10. The zero-order chi connectivity index (χ0) is 11.4. The third-order valence-corrected chi connectivity index (χ3v) is 2.70. The highest BCUT2D eigenvalue weighted by atomic mass is 32.2.